The van der Waals surface area contributed by atoms with Crippen molar-refractivity contribution in [3.8, 4) is 0 Å². The second kappa shape index (κ2) is 6.95. The van der Waals surface area contributed by atoms with Crippen LogP contribution in [0.2, 0.25) is 0 Å². The third-order valence-corrected chi connectivity index (χ3v) is 4.95. The molecule has 0 N–H and O–H groups in total. The topological polar surface area (TPSA) is 46.3 Å². The molecule has 1 aliphatic heterocycles. The first-order valence-corrected chi connectivity index (χ1v) is 8.34. The van der Waals surface area contributed by atoms with Crippen molar-refractivity contribution in [2.45, 2.75) is 39.2 Å². The normalized spacial score (nSPS) is 17.9. The molecule has 0 atom stereocenters. The van der Waals surface area contributed by atoms with Crippen molar-refractivity contribution in [1.82, 2.24) is 19.8 Å². The van der Waals surface area contributed by atoms with Crippen LogP contribution in [0.3, 0.4) is 0 Å². The van der Waals surface area contributed by atoms with Crippen molar-refractivity contribution in [1.29, 1.82) is 0 Å². The van der Waals surface area contributed by atoms with Crippen LogP contribution in [0.4, 0.5) is 0 Å². The van der Waals surface area contributed by atoms with E-state index < -0.39 is 0 Å². The molecule has 2 aromatic heterocycles. The van der Waals surface area contributed by atoms with Crippen molar-refractivity contribution in [3.63, 3.8) is 0 Å². The molecule has 6 heteroatoms. The number of nitrogens with zero attached hydrogens (tertiary/aromatic N) is 5. The summed E-state index contributed by atoms with van der Waals surface area (Å²) in [5.74, 6) is 0. The van der Waals surface area contributed by atoms with E-state index in [9.17, 15) is 0 Å². The van der Waals surface area contributed by atoms with Gasteiger partial charge < -0.3 is 0 Å². The van der Waals surface area contributed by atoms with Gasteiger partial charge in [-0.3, -0.25) is 4.90 Å². The van der Waals surface area contributed by atoms with Crippen molar-refractivity contribution in [2.75, 3.05) is 13.1 Å². The Bertz CT molecular complexity index is 579. The zero-order chi connectivity index (χ0) is 14.5. The Morgan fingerprint density at radius 2 is 1.86 bits per heavy atom. The second-order valence-electron chi connectivity index (χ2n) is 5.48. The molecule has 0 radical (unpaired) electrons. The lowest BCUT2D eigenvalue weighted by Crippen LogP contribution is -2.23. The molecule has 0 aliphatic carbocycles. The first-order valence-electron chi connectivity index (χ1n) is 7.53. The predicted molar refractivity (Wildman–Crippen MR) is 85.7 cm³/mol. The summed E-state index contributed by atoms with van der Waals surface area (Å²) in [6.45, 7) is 5.58. The van der Waals surface area contributed by atoms with Crippen LogP contribution in [0, 0.1) is 0 Å². The Hall–Kier alpha value is -1.53. The molecule has 1 saturated heterocycles. The summed E-state index contributed by atoms with van der Waals surface area (Å²) >= 11 is 1.84. The van der Waals surface area contributed by atoms with Gasteiger partial charge in [0.25, 0.3) is 0 Å². The van der Waals surface area contributed by atoms with Gasteiger partial charge in [-0.15, -0.1) is 21.5 Å². The van der Waals surface area contributed by atoms with Crippen molar-refractivity contribution < 1.29 is 0 Å². The highest BCUT2D eigenvalue weighted by Gasteiger charge is 2.11. The molecule has 0 amide bonds. The molecule has 0 saturated carbocycles. The molecule has 1 aliphatic rings. The van der Waals surface area contributed by atoms with E-state index in [0.29, 0.717) is 0 Å². The summed E-state index contributed by atoms with van der Waals surface area (Å²) in [5.41, 5.74) is 1.00. The molecular formula is C15H21N5S. The van der Waals surface area contributed by atoms with Gasteiger partial charge in [-0.1, -0.05) is 12.8 Å². The summed E-state index contributed by atoms with van der Waals surface area (Å²) in [4.78, 5) is 5.22. The number of hydrogen-bond donors (Lipinski definition) is 0. The van der Waals surface area contributed by atoms with Gasteiger partial charge in [-0.05, 0) is 45.0 Å². The number of rotatable bonds is 4. The predicted octanol–water partition coefficient (Wildman–Crippen LogP) is 2.99. The third-order valence-electron chi connectivity index (χ3n) is 3.77. The lowest BCUT2D eigenvalue weighted by Gasteiger charge is -2.18. The van der Waals surface area contributed by atoms with Gasteiger partial charge in [0.15, 0.2) is 0 Å². The lowest BCUT2D eigenvalue weighted by molar-refractivity contribution is 0.279. The second-order valence-corrected chi connectivity index (χ2v) is 6.65. The van der Waals surface area contributed by atoms with Gasteiger partial charge in [0.2, 0.25) is 0 Å². The van der Waals surface area contributed by atoms with Crippen LogP contribution >= 0.6 is 11.3 Å². The maximum Gasteiger partial charge on any atom is 0.141 e. The quantitative estimate of drug-likeness (QED) is 0.816. The molecule has 3 rings (SSSR count). The first kappa shape index (κ1) is 14.4. The van der Waals surface area contributed by atoms with Gasteiger partial charge in [0, 0.05) is 11.4 Å². The molecule has 112 valence electrons. The molecular weight excluding hydrogens is 282 g/mol. The molecule has 2 aromatic rings. The fourth-order valence-electron chi connectivity index (χ4n) is 2.64. The van der Waals surface area contributed by atoms with Crippen molar-refractivity contribution >= 4 is 17.0 Å². The van der Waals surface area contributed by atoms with E-state index in [-0.39, 0.29) is 0 Å². The summed E-state index contributed by atoms with van der Waals surface area (Å²) in [7, 11) is 0. The molecule has 0 spiro atoms. The summed E-state index contributed by atoms with van der Waals surface area (Å²) in [5, 5.41) is 12.0. The average Bonchev–Trinajstić information content (AvgIpc) is 3.08. The van der Waals surface area contributed by atoms with E-state index in [0.717, 1.165) is 12.3 Å². The average molecular weight is 303 g/mol. The lowest BCUT2D eigenvalue weighted by atomic mass is 10.2. The summed E-state index contributed by atoms with van der Waals surface area (Å²) in [6.07, 6.45) is 8.66. The smallest absolute Gasteiger partial charge is 0.141 e. The molecule has 0 bridgehead atoms. The van der Waals surface area contributed by atoms with E-state index >= 15 is 0 Å². The minimum absolute atomic E-state index is 1.00. The summed E-state index contributed by atoms with van der Waals surface area (Å²) in [6, 6.07) is 4.40. The Balaban J connectivity index is 1.65. The Kier molecular flexibility index (Phi) is 4.77. The SMILES string of the molecule is CC(=Nn1cnnc1)c1ccc(CN2CCCCCC2)s1. The number of thiophene rings is 1. The highest BCUT2D eigenvalue weighted by atomic mass is 32.1. The number of aromatic nitrogens is 3. The van der Waals surface area contributed by atoms with Crippen LogP contribution in [0.15, 0.2) is 29.9 Å². The molecule has 0 unspecified atom stereocenters. The Morgan fingerprint density at radius 3 is 2.57 bits per heavy atom. The van der Waals surface area contributed by atoms with Crippen molar-refractivity contribution in [3.05, 3.63) is 34.5 Å². The van der Waals surface area contributed by atoms with E-state index in [1.165, 1.54) is 48.5 Å². The maximum absolute atomic E-state index is 4.47. The Labute approximate surface area is 129 Å². The highest BCUT2D eigenvalue weighted by Crippen LogP contribution is 2.21. The van der Waals surface area contributed by atoms with Crippen LogP contribution in [-0.2, 0) is 6.54 Å². The molecule has 5 nitrogen and oxygen atoms in total. The fourth-order valence-corrected chi connectivity index (χ4v) is 3.63. The molecule has 21 heavy (non-hydrogen) atoms. The van der Waals surface area contributed by atoms with Crippen LogP contribution in [-0.4, -0.2) is 38.6 Å². The van der Waals surface area contributed by atoms with E-state index in [4.69, 9.17) is 0 Å². The van der Waals surface area contributed by atoms with Crippen LogP contribution in [0.5, 0.6) is 0 Å². The zero-order valence-corrected chi connectivity index (χ0v) is 13.2. The maximum atomic E-state index is 4.47. The van der Waals surface area contributed by atoms with Gasteiger partial charge >= 0.3 is 0 Å². The van der Waals surface area contributed by atoms with Gasteiger partial charge in [-0.2, -0.15) is 5.10 Å². The van der Waals surface area contributed by atoms with Crippen LogP contribution in [0.1, 0.15) is 42.4 Å². The summed E-state index contributed by atoms with van der Waals surface area (Å²) < 4.78 is 1.64. The minimum Gasteiger partial charge on any atom is -0.298 e. The molecule has 0 aromatic carbocycles. The van der Waals surface area contributed by atoms with Crippen molar-refractivity contribution in [2.24, 2.45) is 5.10 Å². The fraction of sp³-hybridized carbons (Fsp3) is 0.533. The molecule has 1 fully saturated rings. The number of hydrogen-bond acceptors (Lipinski definition) is 5. The molecule has 3 heterocycles. The largest absolute Gasteiger partial charge is 0.298 e. The van der Waals surface area contributed by atoms with Gasteiger partial charge in [-0.25, -0.2) is 4.68 Å². The Morgan fingerprint density at radius 1 is 1.14 bits per heavy atom. The van der Waals surface area contributed by atoms with Gasteiger partial charge in [0.05, 0.1) is 10.6 Å². The van der Waals surface area contributed by atoms with Gasteiger partial charge in [0.1, 0.15) is 12.7 Å². The monoisotopic (exact) mass is 303 g/mol. The van der Waals surface area contributed by atoms with Crippen LogP contribution in [0.25, 0.3) is 0 Å². The van der Waals surface area contributed by atoms with E-state index in [1.807, 2.05) is 18.3 Å². The third kappa shape index (κ3) is 3.98. The number of likely N-dealkylation sites (tertiary alicyclic amines) is 1. The van der Waals surface area contributed by atoms with E-state index in [1.54, 1.807) is 17.3 Å². The standard InChI is InChI=1S/C15H21N5S/c1-13(18-20-11-16-17-12-20)15-7-6-14(21-15)10-19-8-4-2-3-5-9-19/h6-7,11-12H,2-5,8-10H2,1H3. The van der Waals surface area contributed by atoms with E-state index in [2.05, 4.69) is 32.3 Å². The minimum atomic E-state index is 1.00. The first-order chi connectivity index (χ1) is 10.3. The zero-order valence-electron chi connectivity index (χ0n) is 12.4. The highest BCUT2D eigenvalue weighted by molar-refractivity contribution is 7.14. The van der Waals surface area contributed by atoms with Crippen LogP contribution < -0.4 is 0 Å².